The maximum absolute atomic E-state index is 5.82. The molecule has 0 saturated heterocycles. The Morgan fingerprint density at radius 1 is 1.40 bits per heavy atom. The van der Waals surface area contributed by atoms with Crippen molar-refractivity contribution in [2.45, 2.75) is 20.1 Å². The van der Waals surface area contributed by atoms with Gasteiger partial charge in [0.05, 0.1) is 6.54 Å². The smallest absolute Gasteiger partial charge is 0.158 e. The van der Waals surface area contributed by atoms with Crippen LogP contribution in [0, 0.1) is 0 Å². The van der Waals surface area contributed by atoms with Crippen molar-refractivity contribution in [1.82, 2.24) is 19.5 Å². The minimum absolute atomic E-state index is 0.366. The van der Waals surface area contributed by atoms with Crippen LogP contribution in [0.3, 0.4) is 0 Å². The first kappa shape index (κ1) is 14.3. The summed E-state index contributed by atoms with van der Waals surface area (Å²) in [6.07, 6.45) is 3.69. The molecule has 0 saturated carbocycles. The van der Waals surface area contributed by atoms with Crippen LogP contribution in [0.1, 0.15) is 18.6 Å². The van der Waals surface area contributed by atoms with Crippen molar-refractivity contribution < 1.29 is 4.74 Å². The topological polar surface area (TPSA) is 82.1 Å². The van der Waals surface area contributed by atoms with Gasteiger partial charge in [0.15, 0.2) is 5.82 Å². The Kier molecular flexibility index (Phi) is 4.52. The van der Waals surface area contributed by atoms with Crippen LogP contribution in [0.25, 0.3) is 0 Å². The van der Waals surface area contributed by atoms with Crippen LogP contribution in [-0.4, -0.2) is 33.2 Å². The Hall–Kier alpha value is -2.15. The van der Waals surface area contributed by atoms with Gasteiger partial charge in [0.1, 0.15) is 24.1 Å². The summed E-state index contributed by atoms with van der Waals surface area (Å²) in [6, 6.07) is 1.75. The molecule has 0 aromatic carbocycles. The molecule has 2 aromatic heterocycles. The molecule has 0 aliphatic heterocycles. The fourth-order valence-electron chi connectivity index (χ4n) is 1.80. The number of nitrogen functional groups attached to an aromatic ring is 1. The molecular formula is C13H20N6O. The number of aromatic nitrogens is 4. The highest BCUT2D eigenvalue weighted by atomic mass is 16.5. The van der Waals surface area contributed by atoms with Crippen LogP contribution in [0.15, 0.2) is 18.5 Å². The van der Waals surface area contributed by atoms with Gasteiger partial charge in [-0.25, -0.2) is 15.0 Å². The molecule has 0 aliphatic rings. The van der Waals surface area contributed by atoms with E-state index in [1.807, 2.05) is 36.7 Å². The average Bonchev–Trinajstić information content (AvgIpc) is 2.81. The maximum atomic E-state index is 5.82. The fraction of sp³-hybridized carbons (Fsp3) is 0.462. The van der Waals surface area contributed by atoms with Crippen molar-refractivity contribution in [3.8, 4) is 0 Å². The summed E-state index contributed by atoms with van der Waals surface area (Å²) >= 11 is 0. The van der Waals surface area contributed by atoms with Crippen molar-refractivity contribution in [2.75, 3.05) is 24.3 Å². The van der Waals surface area contributed by atoms with E-state index in [4.69, 9.17) is 10.5 Å². The van der Waals surface area contributed by atoms with Gasteiger partial charge < -0.3 is 19.9 Å². The van der Waals surface area contributed by atoms with Crippen molar-refractivity contribution in [3.05, 3.63) is 30.1 Å². The second-order valence-electron chi connectivity index (χ2n) is 4.51. The molecule has 0 radical (unpaired) electrons. The molecule has 0 fully saturated rings. The van der Waals surface area contributed by atoms with E-state index in [0.29, 0.717) is 31.4 Å². The minimum atomic E-state index is 0.366. The average molecular weight is 276 g/mol. The quantitative estimate of drug-likeness (QED) is 0.846. The van der Waals surface area contributed by atoms with Gasteiger partial charge in [0.25, 0.3) is 0 Å². The molecule has 0 spiro atoms. The normalized spacial score (nSPS) is 10.8. The first-order chi connectivity index (χ1) is 9.60. The first-order valence-corrected chi connectivity index (χ1v) is 6.48. The summed E-state index contributed by atoms with van der Waals surface area (Å²) in [7, 11) is 3.91. The summed E-state index contributed by atoms with van der Waals surface area (Å²) in [6.45, 7) is 3.57. The van der Waals surface area contributed by atoms with Gasteiger partial charge >= 0.3 is 0 Å². The predicted octanol–water partition coefficient (Wildman–Crippen LogP) is 0.965. The van der Waals surface area contributed by atoms with Crippen LogP contribution < -0.4 is 10.6 Å². The van der Waals surface area contributed by atoms with E-state index >= 15 is 0 Å². The largest absolute Gasteiger partial charge is 0.384 e. The van der Waals surface area contributed by atoms with Gasteiger partial charge in [-0.3, -0.25) is 0 Å². The Bertz CT molecular complexity index is 568. The van der Waals surface area contributed by atoms with E-state index in [1.165, 1.54) is 0 Å². The first-order valence-electron chi connectivity index (χ1n) is 6.48. The van der Waals surface area contributed by atoms with E-state index < -0.39 is 0 Å². The molecule has 2 aromatic rings. The monoisotopic (exact) mass is 276 g/mol. The molecule has 2 heterocycles. The number of nitrogens with two attached hydrogens (primary N) is 1. The van der Waals surface area contributed by atoms with Crippen molar-refractivity contribution in [1.29, 1.82) is 0 Å². The Morgan fingerprint density at radius 3 is 2.85 bits per heavy atom. The second kappa shape index (κ2) is 6.33. The highest BCUT2D eigenvalue weighted by molar-refractivity contribution is 5.46. The Balaban J connectivity index is 2.14. The van der Waals surface area contributed by atoms with Crippen molar-refractivity contribution in [3.63, 3.8) is 0 Å². The van der Waals surface area contributed by atoms with Crippen LogP contribution in [0.2, 0.25) is 0 Å². The zero-order valence-corrected chi connectivity index (χ0v) is 12.1. The van der Waals surface area contributed by atoms with Gasteiger partial charge in [-0.15, -0.1) is 0 Å². The summed E-state index contributed by atoms with van der Waals surface area (Å²) in [5, 5.41) is 0. The number of aryl methyl sites for hydroxylation is 1. The lowest BCUT2D eigenvalue weighted by atomic mass is 10.4. The molecule has 7 nitrogen and oxygen atoms in total. The molecule has 7 heteroatoms. The molecule has 2 rings (SSSR count). The summed E-state index contributed by atoms with van der Waals surface area (Å²) < 4.78 is 7.29. The number of anilines is 2. The molecule has 0 unspecified atom stereocenters. The lowest BCUT2D eigenvalue weighted by Gasteiger charge is -2.18. The van der Waals surface area contributed by atoms with E-state index in [9.17, 15) is 0 Å². The van der Waals surface area contributed by atoms with Crippen LogP contribution in [-0.2, 0) is 24.9 Å². The van der Waals surface area contributed by atoms with Gasteiger partial charge in [-0.2, -0.15) is 0 Å². The van der Waals surface area contributed by atoms with Crippen molar-refractivity contribution in [2.24, 2.45) is 7.05 Å². The molecule has 0 bridgehead atoms. The van der Waals surface area contributed by atoms with Gasteiger partial charge in [-0.1, -0.05) is 0 Å². The molecule has 0 atom stereocenters. The highest BCUT2D eigenvalue weighted by Gasteiger charge is 2.10. The summed E-state index contributed by atoms with van der Waals surface area (Å²) in [5.74, 6) is 2.75. The molecule has 0 amide bonds. The number of ether oxygens (including phenoxy) is 1. The fourth-order valence-corrected chi connectivity index (χ4v) is 1.80. The lowest BCUT2D eigenvalue weighted by Crippen LogP contribution is -2.21. The number of imidazole rings is 1. The van der Waals surface area contributed by atoms with Crippen LogP contribution in [0.4, 0.5) is 11.6 Å². The van der Waals surface area contributed by atoms with Gasteiger partial charge in [-0.05, 0) is 6.92 Å². The maximum Gasteiger partial charge on any atom is 0.158 e. The van der Waals surface area contributed by atoms with E-state index in [1.54, 1.807) is 12.3 Å². The number of hydrogen-bond donors (Lipinski definition) is 1. The van der Waals surface area contributed by atoms with Gasteiger partial charge in [0.2, 0.25) is 0 Å². The van der Waals surface area contributed by atoms with E-state index in [-0.39, 0.29) is 0 Å². The third-order valence-corrected chi connectivity index (χ3v) is 2.90. The second-order valence-corrected chi connectivity index (χ2v) is 4.51. The van der Waals surface area contributed by atoms with Crippen LogP contribution >= 0.6 is 0 Å². The number of nitrogens with zero attached hydrogens (tertiary/aromatic N) is 5. The summed E-state index contributed by atoms with van der Waals surface area (Å²) in [4.78, 5) is 14.9. The molecule has 2 N–H and O–H groups in total. The minimum Gasteiger partial charge on any atom is -0.384 e. The zero-order chi connectivity index (χ0) is 14.5. The van der Waals surface area contributed by atoms with E-state index in [2.05, 4.69) is 15.0 Å². The zero-order valence-electron chi connectivity index (χ0n) is 12.1. The Morgan fingerprint density at radius 2 is 2.20 bits per heavy atom. The lowest BCUT2D eigenvalue weighted by molar-refractivity contribution is 0.128. The van der Waals surface area contributed by atoms with E-state index in [0.717, 1.165) is 11.6 Å². The number of rotatable bonds is 6. The highest BCUT2D eigenvalue weighted by Crippen LogP contribution is 2.15. The molecular weight excluding hydrogens is 256 g/mol. The number of hydrogen-bond acceptors (Lipinski definition) is 6. The Labute approximate surface area is 118 Å². The van der Waals surface area contributed by atoms with Crippen LogP contribution in [0.5, 0.6) is 0 Å². The SMILES string of the molecule is CCOCc1nc(N)cc(N(C)Cc2nccn2C)n1. The third kappa shape index (κ3) is 3.45. The van der Waals surface area contributed by atoms with Gasteiger partial charge in [0, 0.05) is 39.2 Å². The third-order valence-electron chi connectivity index (χ3n) is 2.90. The standard InChI is InChI=1S/C13H20N6O/c1-4-20-9-11-16-10(14)7-12(17-11)19(3)8-13-15-5-6-18(13)2/h5-7H,4,8-9H2,1-3H3,(H2,14,16,17). The molecule has 20 heavy (non-hydrogen) atoms. The summed E-state index contributed by atoms with van der Waals surface area (Å²) in [5.41, 5.74) is 5.82. The van der Waals surface area contributed by atoms with Crippen molar-refractivity contribution >= 4 is 11.6 Å². The molecule has 108 valence electrons. The molecule has 0 aliphatic carbocycles. The predicted molar refractivity (Wildman–Crippen MR) is 77.1 cm³/mol.